The van der Waals surface area contributed by atoms with Crippen molar-refractivity contribution in [3.63, 3.8) is 0 Å². The summed E-state index contributed by atoms with van der Waals surface area (Å²) in [5.41, 5.74) is 6.94. The van der Waals surface area contributed by atoms with Crippen molar-refractivity contribution >= 4 is 51.3 Å². The van der Waals surface area contributed by atoms with Crippen molar-refractivity contribution in [1.82, 2.24) is 0 Å². The molecule has 1 saturated heterocycles. The zero-order chi connectivity index (χ0) is 36.2. The molecule has 0 saturated carbocycles. The topological polar surface area (TPSA) is 110 Å². The molecule has 0 aromatic heterocycles. The molecule has 0 bridgehead atoms. The number of carbonyl (C=O) groups is 2. The Kier molecular flexibility index (Phi) is 10.3. The van der Waals surface area contributed by atoms with Gasteiger partial charge in [0.1, 0.15) is 5.75 Å². The number of aromatic hydroxyl groups is 1. The maximum absolute atomic E-state index is 14.2. The van der Waals surface area contributed by atoms with Gasteiger partial charge in [0.25, 0.3) is 0 Å². The van der Waals surface area contributed by atoms with E-state index in [1.54, 1.807) is 18.2 Å². The van der Waals surface area contributed by atoms with Gasteiger partial charge < -0.3 is 20.6 Å². The minimum absolute atomic E-state index is 0.223. The van der Waals surface area contributed by atoms with E-state index >= 15 is 0 Å². The van der Waals surface area contributed by atoms with E-state index in [-0.39, 0.29) is 24.2 Å². The summed E-state index contributed by atoms with van der Waals surface area (Å²) in [7, 11) is 0. The predicted octanol–water partition coefficient (Wildman–Crippen LogP) is 8.89. The smallest absolute Gasteiger partial charge is 0.238 e. The lowest BCUT2D eigenvalue weighted by Crippen LogP contribution is -2.39. The molecule has 4 atom stereocenters. The monoisotopic (exact) mass is 692 g/mol. The maximum Gasteiger partial charge on any atom is 0.238 e. The van der Waals surface area contributed by atoms with Gasteiger partial charge in [0.2, 0.25) is 11.8 Å². The highest BCUT2D eigenvalue weighted by atomic mass is 16.3. The second-order valence-electron chi connectivity index (χ2n) is 13.8. The number of para-hydroxylation sites is 1. The second kappa shape index (κ2) is 15.4. The van der Waals surface area contributed by atoms with Crippen LogP contribution in [-0.2, 0) is 9.59 Å². The molecule has 0 unspecified atom stereocenters. The van der Waals surface area contributed by atoms with Crippen LogP contribution in [0.1, 0.15) is 50.2 Å². The van der Waals surface area contributed by atoms with Gasteiger partial charge in [-0.05, 0) is 95.8 Å². The number of nitrogens with zero attached hydrogens (tertiary/aromatic N) is 1. The Hall–Kier alpha value is -5.50. The molecule has 5 aromatic rings. The van der Waals surface area contributed by atoms with E-state index in [0.29, 0.717) is 36.9 Å². The number of fused-ring (bicyclic) bond motifs is 2. The van der Waals surface area contributed by atoms with Crippen LogP contribution in [0.15, 0.2) is 132 Å². The van der Waals surface area contributed by atoms with Gasteiger partial charge >= 0.3 is 0 Å². The lowest BCUT2D eigenvalue weighted by molar-refractivity contribution is -0.123. The van der Waals surface area contributed by atoms with E-state index in [1.807, 2.05) is 103 Å². The van der Waals surface area contributed by atoms with Crippen molar-refractivity contribution in [3.05, 3.63) is 144 Å². The molecule has 0 spiro atoms. The number of phenols is 1. The molecule has 7 nitrogen and oxygen atoms in total. The fraction of sp³-hybridized carbons (Fsp3) is 0.244. The Balaban J connectivity index is 1.15. The quantitative estimate of drug-likeness (QED) is 0.0591. The molecule has 1 aliphatic heterocycles. The number of imide groups is 1. The van der Waals surface area contributed by atoms with Crippen LogP contribution in [-0.4, -0.2) is 39.8 Å². The standard InChI is InChI=1S/C45H44N2O5/c1-2-11-32-27-38-43(45(52)47(44(38)51)35-22-20-34(21-23-35)46-33-14-7-4-8-15-33)39(28-48)42(32)41(50)25-18-30(29-12-5-3-6-13-29)26-31-19-24-40(49)37-17-10-9-16-36(31)37/h3-10,12-17,19-24,26,38-39,41,43,46,48-50H,2,11,18,25,27-28H2,1H3/b30-26-/t38-,39+,41-,43-/m1/s1. The van der Waals surface area contributed by atoms with Gasteiger partial charge in [-0.3, -0.25) is 14.5 Å². The van der Waals surface area contributed by atoms with Crippen molar-refractivity contribution < 1.29 is 24.9 Å². The molecule has 2 amide bonds. The molecule has 4 N–H and O–H groups in total. The van der Waals surface area contributed by atoms with E-state index in [0.717, 1.165) is 50.8 Å². The molecule has 1 aliphatic carbocycles. The van der Waals surface area contributed by atoms with Crippen LogP contribution in [0.3, 0.4) is 0 Å². The van der Waals surface area contributed by atoms with Crippen molar-refractivity contribution in [2.75, 3.05) is 16.8 Å². The van der Waals surface area contributed by atoms with E-state index in [9.17, 15) is 24.9 Å². The van der Waals surface area contributed by atoms with E-state index in [1.165, 1.54) is 4.90 Å². The van der Waals surface area contributed by atoms with Crippen LogP contribution >= 0.6 is 0 Å². The summed E-state index contributed by atoms with van der Waals surface area (Å²) in [6.45, 7) is 1.72. The zero-order valence-electron chi connectivity index (χ0n) is 29.3. The molecule has 7 heteroatoms. The predicted molar refractivity (Wildman–Crippen MR) is 208 cm³/mol. The number of anilines is 3. The fourth-order valence-electron chi connectivity index (χ4n) is 8.15. The lowest BCUT2D eigenvalue weighted by atomic mass is 9.67. The number of rotatable bonds is 12. The molecule has 1 fully saturated rings. The average Bonchev–Trinajstić information content (AvgIpc) is 3.43. The third-order valence-electron chi connectivity index (χ3n) is 10.6. The molecular formula is C45H44N2O5. The number of benzene rings is 5. The lowest BCUT2D eigenvalue weighted by Gasteiger charge is -2.36. The number of phenolic OH excluding ortho intramolecular Hbond substituents is 1. The molecule has 264 valence electrons. The van der Waals surface area contributed by atoms with Crippen LogP contribution in [0.2, 0.25) is 0 Å². The summed E-state index contributed by atoms with van der Waals surface area (Å²) in [5, 5.41) is 38.4. The number of hydrogen-bond donors (Lipinski definition) is 4. The molecule has 5 aromatic carbocycles. The Bertz CT molecular complexity index is 2120. The minimum atomic E-state index is -0.913. The number of carbonyl (C=O) groups excluding carboxylic acids is 2. The van der Waals surface area contributed by atoms with Crippen molar-refractivity contribution in [2.24, 2.45) is 17.8 Å². The second-order valence-corrected chi connectivity index (χ2v) is 13.8. The first-order chi connectivity index (χ1) is 25.4. The fourth-order valence-corrected chi connectivity index (χ4v) is 8.15. The van der Waals surface area contributed by atoms with Gasteiger partial charge in [-0.25, -0.2) is 0 Å². The normalized spacial score (nSPS) is 19.6. The van der Waals surface area contributed by atoms with Crippen LogP contribution in [0.4, 0.5) is 17.1 Å². The summed E-state index contributed by atoms with van der Waals surface area (Å²) in [5.74, 6) is -2.37. The Morgan fingerprint density at radius 3 is 2.17 bits per heavy atom. The van der Waals surface area contributed by atoms with Gasteiger partial charge in [0, 0.05) is 22.7 Å². The SMILES string of the molecule is CCCC1=C([C@H](O)CC/C(=C/c2ccc(O)c3ccccc23)c2ccccc2)[C@H](CO)[C@@H]2C(=O)N(c3ccc(Nc4ccccc4)cc3)C(=O)[C@@H]2C1. The Labute approximate surface area is 304 Å². The van der Waals surface area contributed by atoms with E-state index in [2.05, 4.69) is 18.3 Å². The first kappa shape index (κ1) is 34.9. The molecule has 52 heavy (non-hydrogen) atoms. The van der Waals surface area contributed by atoms with Crippen LogP contribution < -0.4 is 10.2 Å². The highest BCUT2D eigenvalue weighted by molar-refractivity contribution is 6.22. The van der Waals surface area contributed by atoms with Gasteiger partial charge in [0.15, 0.2) is 0 Å². The number of allylic oxidation sites excluding steroid dienone is 2. The zero-order valence-corrected chi connectivity index (χ0v) is 29.3. The molecule has 1 heterocycles. The first-order valence-electron chi connectivity index (χ1n) is 18.1. The van der Waals surface area contributed by atoms with Gasteiger partial charge in [-0.1, -0.05) is 104 Å². The molecule has 0 radical (unpaired) electrons. The highest BCUT2D eigenvalue weighted by Crippen LogP contribution is 2.48. The van der Waals surface area contributed by atoms with Gasteiger partial charge in [-0.15, -0.1) is 0 Å². The third-order valence-corrected chi connectivity index (χ3v) is 10.6. The number of hydrogen-bond acceptors (Lipinski definition) is 6. The summed E-state index contributed by atoms with van der Waals surface area (Å²) < 4.78 is 0. The molecular weight excluding hydrogens is 649 g/mol. The van der Waals surface area contributed by atoms with Gasteiger partial charge in [-0.2, -0.15) is 0 Å². The Morgan fingerprint density at radius 2 is 1.48 bits per heavy atom. The number of aliphatic hydroxyl groups excluding tert-OH is 2. The largest absolute Gasteiger partial charge is 0.507 e. The minimum Gasteiger partial charge on any atom is -0.507 e. The van der Waals surface area contributed by atoms with Crippen LogP contribution in [0, 0.1) is 17.8 Å². The number of aliphatic hydroxyl groups is 2. The van der Waals surface area contributed by atoms with E-state index < -0.39 is 23.9 Å². The number of nitrogens with one attached hydrogen (secondary N) is 1. The summed E-state index contributed by atoms with van der Waals surface area (Å²) in [6.07, 6.45) is 3.97. The summed E-state index contributed by atoms with van der Waals surface area (Å²) in [4.78, 5) is 29.4. The maximum atomic E-state index is 14.2. The number of amides is 2. The van der Waals surface area contributed by atoms with Crippen LogP contribution in [0.5, 0.6) is 5.75 Å². The molecule has 7 rings (SSSR count). The average molecular weight is 693 g/mol. The van der Waals surface area contributed by atoms with E-state index in [4.69, 9.17) is 0 Å². The first-order valence-corrected chi connectivity index (χ1v) is 18.1. The summed E-state index contributed by atoms with van der Waals surface area (Å²) >= 11 is 0. The third kappa shape index (κ3) is 6.90. The van der Waals surface area contributed by atoms with Crippen molar-refractivity contribution in [3.8, 4) is 5.75 Å². The van der Waals surface area contributed by atoms with Crippen molar-refractivity contribution in [2.45, 2.75) is 45.1 Å². The molecule has 2 aliphatic rings. The highest BCUT2D eigenvalue weighted by Gasteiger charge is 2.55. The van der Waals surface area contributed by atoms with Crippen molar-refractivity contribution in [1.29, 1.82) is 0 Å². The van der Waals surface area contributed by atoms with Crippen LogP contribution in [0.25, 0.3) is 22.4 Å². The summed E-state index contributed by atoms with van der Waals surface area (Å²) in [6, 6.07) is 38.4. The van der Waals surface area contributed by atoms with Gasteiger partial charge in [0.05, 0.1) is 30.2 Å². The Morgan fingerprint density at radius 1 is 0.827 bits per heavy atom.